The van der Waals surface area contributed by atoms with E-state index in [1.165, 1.54) is 18.9 Å². The Kier molecular flexibility index (Phi) is 7.37. The van der Waals surface area contributed by atoms with E-state index in [0.717, 1.165) is 27.7 Å². The molecule has 7 nitrogen and oxygen atoms in total. The molecular weight excluding hydrogens is 450 g/mol. The third kappa shape index (κ3) is 4.87. The molecule has 1 atom stereocenters. The first-order chi connectivity index (χ1) is 16.5. The normalized spacial score (nSPS) is 17.0. The van der Waals surface area contributed by atoms with Gasteiger partial charge in [-0.15, -0.1) is 0 Å². The molecule has 8 heteroatoms. The molecule has 1 N–H and O–H groups in total. The lowest BCUT2D eigenvalue weighted by Crippen LogP contribution is -2.38. The Morgan fingerprint density at radius 3 is 2.47 bits per heavy atom. The molecule has 0 unspecified atom stereocenters. The van der Waals surface area contributed by atoms with E-state index in [-0.39, 0.29) is 12.3 Å². The summed E-state index contributed by atoms with van der Waals surface area (Å²) in [6.45, 7) is 2.42. The van der Waals surface area contributed by atoms with E-state index in [4.69, 9.17) is 14.5 Å². The Balaban J connectivity index is 1.63. The van der Waals surface area contributed by atoms with E-state index >= 15 is 0 Å². The van der Waals surface area contributed by atoms with E-state index in [1.807, 2.05) is 71.8 Å². The fraction of sp³-hybridized carbons (Fsp3) is 0.269. The minimum Gasteiger partial charge on any atom is -0.497 e. The number of esters is 1. The number of hydrogen-bond donors (Lipinski definition) is 1. The van der Waals surface area contributed by atoms with Gasteiger partial charge in [0.25, 0.3) is 0 Å². The van der Waals surface area contributed by atoms with Gasteiger partial charge in [-0.2, -0.15) is 0 Å². The Hall–Kier alpha value is -3.52. The molecule has 34 heavy (non-hydrogen) atoms. The monoisotopic (exact) mass is 477 g/mol. The molecular formula is C26H27N3O4S. The van der Waals surface area contributed by atoms with Crippen molar-refractivity contribution in [2.75, 3.05) is 14.2 Å². The summed E-state index contributed by atoms with van der Waals surface area (Å²) in [5.41, 5.74) is 3.88. The number of ether oxygens (including phenoxy) is 2. The molecule has 2 aliphatic rings. The summed E-state index contributed by atoms with van der Waals surface area (Å²) >= 11 is 1.46. The number of allylic oxidation sites excluding steroid dienone is 1. The number of methoxy groups -OCH3 is 2. The van der Waals surface area contributed by atoms with Crippen LogP contribution in [0.5, 0.6) is 5.75 Å². The van der Waals surface area contributed by atoms with Gasteiger partial charge < -0.3 is 19.7 Å². The quantitative estimate of drug-likeness (QED) is 0.563. The number of nitrogens with zero attached hydrogens (tertiary/aromatic N) is 2. The molecule has 0 spiro atoms. The molecule has 0 aliphatic carbocycles. The minimum absolute atomic E-state index is 0.102. The zero-order chi connectivity index (χ0) is 24.1. The van der Waals surface area contributed by atoms with E-state index in [0.29, 0.717) is 24.2 Å². The van der Waals surface area contributed by atoms with Crippen molar-refractivity contribution in [3.05, 3.63) is 88.1 Å². The van der Waals surface area contributed by atoms with Crippen LogP contribution in [0.1, 0.15) is 36.9 Å². The molecule has 2 aliphatic heterocycles. The lowest BCUT2D eigenvalue weighted by atomic mass is 9.93. The van der Waals surface area contributed by atoms with Crippen LogP contribution in [0.2, 0.25) is 0 Å². The maximum absolute atomic E-state index is 12.9. The number of carbonyl (C=O) groups excluding carboxylic acids is 2. The van der Waals surface area contributed by atoms with Gasteiger partial charge in [-0.05, 0) is 35.1 Å². The maximum atomic E-state index is 12.9. The van der Waals surface area contributed by atoms with Gasteiger partial charge >= 0.3 is 5.97 Å². The molecule has 2 aromatic carbocycles. The first-order valence-corrected chi connectivity index (χ1v) is 11.9. The van der Waals surface area contributed by atoms with Gasteiger partial charge in [0.2, 0.25) is 5.91 Å². The number of thioether (sulfide) groups is 1. The highest BCUT2D eigenvalue weighted by Gasteiger charge is 2.41. The molecule has 0 bridgehead atoms. The largest absolute Gasteiger partial charge is 0.497 e. The number of carbonyl (C=O) groups is 2. The van der Waals surface area contributed by atoms with Gasteiger partial charge in [-0.1, -0.05) is 61.2 Å². The van der Waals surface area contributed by atoms with Gasteiger partial charge in [0.1, 0.15) is 5.75 Å². The highest BCUT2D eigenvalue weighted by molar-refractivity contribution is 8.16. The van der Waals surface area contributed by atoms with Crippen molar-refractivity contribution < 1.29 is 19.1 Å². The number of aliphatic imine (C=N–C) groups is 1. The van der Waals surface area contributed by atoms with Crippen LogP contribution in [-0.4, -0.2) is 36.2 Å². The van der Waals surface area contributed by atoms with Crippen LogP contribution in [0.3, 0.4) is 0 Å². The Morgan fingerprint density at radius 1 is 1.09 bits per heavy atom. The predicted octanol–water partition coefficient (Wildman–Crippen LogP) is 4.54. The van der Waals surface area contributed by atoms with E-state index in [2.05, 4.69) is 5.32 Å². The van der Waals surface area contributed by atoms with Crippen LogP contribution < -0.4 is 10.1 Å². The molecule has 4 rings (SSSR count). The lowest BCUT2D eigenvalue weighted by Gasteiger charge is -2.36. The molecule has 0 saturated carbocycles. The molecule has 2 aromatic rings. The average molecular weight is 478 g/mol. The summed E-state index contributed by atoms with van der Waals surface area (Å²) in [4.78, 5) is 32.5. The van der Waals surface area contributed by atoms with Crippen molar-refractivity contribution >= 4 is 28.8 Å². The van der Waals surface area contributed by atoms with Crippen molar-refractivity contribution in [2.45, 2.75) is 32.4 Å². The summed E-state index contributed by atoms with van der Waals surface area (Å²) in [5, 5.41) is 5.66. The molecule has 0 aromatic heterocycles. The van der Waals surface area contributed by atoms with Crippen LogP contribution in [-0.2, 0) is 20.9 Å². The van der Waals surface area contributed by atoms with Crippen molar-refractivity contribution in [3.8, 4) is 5.75 Å². The number of rotatable bonds is 8. The number of amidine groups is 1. The second-order valence-corrected chi connectivity index (χ2v) is 8.65. The van der Waals surface area contributed by atoms with Crippen LogP contribution in [0.25, 0.3) is 0 Å². The van der Waals surface area contributed by atoms with Gasteiger partial charge in [0.05, 0.1) is 38.0 Å². The summed E-state index contributed by atoms with van der Waals surface area (Å²) in [7, 11) is 2.99. The van der Waals surface area contributed by atoms with Gasteiger partial charge in [0, 0.05) is 12.2 Å². The first kappa shape index (κ1) is 23.6. The molecule has 1 amide bonds. The minimum atomic E-state index is -0.455. The van der Waals surface area contributed by atoms with Gasteiger partial charge in [-0.25, -0.2) is 9.79 Å². The van der Waals surface area contributed by atoms with Gasteiger partial charge in [-0.3, -0.25) is 4.79 Å². The van der Waals surface area contributed by atoms with E-state index in [9.17, 15) is 9.59 Å². The Labute approximate surface area is 203 Å². The molecule has 0 saturated heterocycles. The van der Waals surface area contributed by atoms with Crippen LogP contribution in [0, 0.1) is 0 Å². The molecule has 2 heterocycles. The average Bonchev–Trinajstić information content (AvgIpc) is 3.28. The Bertz CT molecular complexity index is 1160. The van der Waals surface area contributed by atoms with Gasteiger partial charge in [0.15, 0.2) is 5.17 Å². The Morgan fingerprint density at radius 2 is 1.82 bits per heavy atom. The standard InChI is InChI=1S/C26H27N3O4S/c1-4-21-23(25(31)33-3)24(18-10-12-20(32-2)13-11-18)29-19(16-34-26(29)28-21)14-22(30)27-15-17-8-6-5-7-9-17/h5-13,16,24H,4,14-15H2,1-3H3,(H,27,30)/t24-/m0/s1. The second-order valence-electron chi connectivity index (χ2n) is 7.81. The fourth-order valence-electron chi connectivity index (χ4n) is 4.04. The zero-order valence-corrected chi connectivity index (χ0v) is 20.2. The third-order valence-electron chi connectivity index (χ3n) is 5.73. The third-order valence-corrected chi connectivity index (χ3v) is 6.62. The molecule has 0 fully saturated rings. The van der Waals surface area contributed by atoms with Crippen LogP contribution >= 0.6 is 11.8 Å². The fourth-order valence-corrected chi connectivity index (χ4v) is 4.97. The lowest BCUT2D eigenvalue weighted by molar-refractivity contribution is -0.136. The summed E-state index contributed by atoms with van der Waals surface area (Å²) in [6, 6.07) is 16.9. The molecule has 0 radical (unpaired) electrons. The van der Waals surface area contributed by atoms with Crippen molar-refractivity contribution in [3.63, 3.8) is 0 Å². The van der Waals surface area contributed by atoms with Crippen LogP contribution in [0.15, 0.2) is 82.0 Å². The number of amides is 1. The van der Waals surface area contributed by atoms with Crippen molar-refractivity contribution in [1.29, 1.82) is 0 Å². The summed E-state index contributed by atoms with van der Waals surface area (Å²) in [6.07, 6.45) is 0.753. The number of nitrogens with one attached hydrogen (secondary N) is 1. The first-order valence-electron chi connectivity index (χ1n) is 11.0. The smallest absolute Gasteiger partial charge is 0.338 e. The maximum Gasteiger partial charge on any atom is 0.338 e. The summed E-state index contributed by atoms with van der Waals surface area (Å²) in [5.74, 6) is 0.195. The van der Waals surface area contributed by atoms with Crippen molar-refractivity contribution in [2.24, 2.45) is 4.99 Å². The van der Waals surface area contributed by atoms with E-state index < -0.39 is 12.0 Å². The molecule has 176 valence electrons. The highest BCUT2D eigenvalue weighted by Crippen LogP contribution is 2.45. The SMILES string of the molecule is CCC1=C(C(=O)OC)[C@H](c2ccc(OC)cc2)N2C(CC(=O)NCc3ccccc3)=CSC2=N1. The number of hydrogen-bond acceptors (Lipinski definition) is 7. The highest BCUT2D eigenvalue weighted by atomic mass is 32.2. The number of fused-ring (bicyclic) bond motifs is 1. The predicted molar refractivity (Wildman–Crippen MR) is 133 cm³/mol. The second kappa shape index (κ2) is 10.6. The summed E-state index contributed by atoms with van der Waals surface area (Å²) < 4.78 is 10.5. The number of benzene rings is 2. The topological polar surface area (TPSA) is 80.2 Å². The van der Waals surface area contributed by atoms with Crippen LogP contribution in [0.4, 0.5) is 0 Å². The zero-order valence-electron chi connectivity index (χ0n) is 19.4. The van der Waals surface area contributed by atoms with E-state index in [1.54, 1.807) is 7.11 Å². The van der Waals surface area contributed by atoms with Crippen molar-refractivity contribution in [1.82, 2.24) is 10.2 Å².